The Bertz CT molecular complexity index is 908. The highest BCUT2D eigenvalue weighted by Crippen LogP contribution is 2.29. The number of ether oxygens (including phenoxy) is 2. The zero-order chi connectivity index (χ0) is 18.7. The predicted octanol–water partition coefficient (Wildman–Crippen LogP) is 4.47. The van der Waals surface area contributed by atoms with Crippen molar-refractivity contribution in [1.82, 2.24) is 19.5 Å². The third kappa shape index (κ3) is 4.41. The van der Waals surface area contributed by atoms with E-state index >= 15 is 0 Å². The summed E-state index contributed by atoms with van der Waals surface area (Å²) in [4.78, 5) is 12.7. The molecule has 0 unspecified atom stereocenters. The van der Waals surface area contributed by atoms with Crippen LogP contribution < -0.4 is 4.74 Å². The maximum absolute atomic E-state index is 6.11. The molecule has 138 valence electrons. The normalized spacial score (nSPS) is 11.9. The number of rotatable bonds is 7. The van der Waals surface area contributed by atoms with Gasteiger partial charge in [0.25, 0.3) is 0 Å². The molecule has 0 spiro atoms. The molecular formula is C18H23ClN4O2Si. The number of hydrogen-bond donors (Lipinski definition) is 0. The van der Waals surface area contributed by atoms with E-state index in [0.717, 1.165) is 34.9 Å². The van der Waals surface area contributed by atoms with Crippen LogP contribution in [0.1, 0.15) is 0 Å². The van der Waals surface area contributed by atoms with Gasteiger partial charge in [-0.05, 0) is 24.2 Å². The minimum absolute atomic E-state index is 0.329. The Kier molecular flexibility index (Phi) is 5.60. The van der Waals surface area contributed by atoms with Crippen LogP contribution in [0.4, 0.5) is 0 Å². The largest absolute Gasteiger partial charge is 0.467 e. The topological polar surface area (TPSA) is 62.1 Å². The minimum Gasteiger partial charge on any atom is -0.467 e. The van der Waals surface area contributed by atoms with E-state index in [1.54, 1.807) is 19.5 Å². The van der Waals surface area contributed by atoms with E-state index in [4.69, 9.17) is 21.1 Å². The lowest BCUT2D eigenvalue weighted by Gasteiger charge is -2.17. The molecule has 0 saturated carbocycles. The van der Waals surface area contributed by atoms with Crippen LogP contribution in [0.2, 0.25) is 30.8 Å². The fourth-order valence-corrected chi connectivity index (χ4v) is 3.51. The molecule has 0 aliphatic heterocycles. The zero-order valence-electron chi connectivity index (χ0n) is 15.5. The molecule has 0 amide bonds. The van der Waals surface area contributed by atoms with Crippen molar-refractivity contribution < 1.29 is 9.47 Å². The highest BCUT2D eigenvalue weighted by Gasteiger charge is 2.15. The molecule has 3 rings (SSSR count). The molecule has 6 nitrogen and oxygen atoms in total. The summed E-state index contributed by atoms with van der Waals surface area (Å²) in [7, 11) is 0.419. The van der Waals surface area contributed by atoms with Crippen LogP contribution in [0.5, 0.6) is 6.01 Å². The van der Waals surface area contributed by atoms with E-state index in [2.05, 4.69) is 39.2 Å². The third-order valence-corrected chi connectivity index (χ3v) is 5.96. The second-order valence-electron chi connectivity index (χ2n) is 7.30. The number of hydrogen-bond acceptors (Lipinski definition) is 5. The highest BCUT2D eigenvalue weighted by atomic mass is 35.5. The Labute approximate surface area is 159 Å². The lowest BCUT2D eigenvalue weighted by Crippen LogP contribution is -2.22. The number of aromatic nitrogens is 4. The second-order valence-corrected chi connectivity index (χ2v) is 13.3. The van der Waals surface area contributed by atoms with Crippen molar-refractivity contribution in [2.75, 3.05) is 13.7 Å². The van der Waals surface area contributed by atoms with Crippen LogP contribution in [0.25, 0.3) is 22.3 Å². The molecule has 0 fully saturated rings. The van der Waals surface area contributed by atoms with Gasteiger partial charge >= 0.3 is 6.01 Å². The summed E-state index contributed by atoms with van der Waals surface area (Å²) in [6.07, 6.45) is 3.44. The molecule has 0 aromatic carbocycles. The van der Waals surface area contributed by atoms with Gasteiger partial charge in [-0.25, -0.2) is 9.97 Å². The monoisotopic (exact) mass is 390 g/mol. The first kappa shape index (κ1) is 18.8. The zero-order valence-corrected chi connectivity index (χ0v) is 17.2. The lowest BCUT2D eigenvalue weighted by atomic mass is 10.3. The molecule has 0 aliphatic carbocycles. The maximum atomic E-state index is 6.11. The fraction of sp³-hybridized carbons (Fsp3) is 0.389. The molecule has 0 N–H and O–H groups in total. The molecule has 8 heteroatoms. The van der Waals surface area contributed by atoms with Gasteiger partial charge in [-0.15, -0.1) is 0 Å². The van der Waals surface area contributed by atoms with E-state index < -0.39 is 8.07 Å². The van der Waals surface area contributed by atoms with Gasteiger partial charge in [0, 0.05) is 32.5 Å². The Hall–Kier alpha value is -1.96. The average Bonchev–Trinajstić information content (AvgIpc) is 2.96. The summed E-state index contributed by atoms with van der Waals surface area (Å²) < 4.78 is 13.2. The summed E-state index contributed by atoms with van der Waals surface area (Å²) in [5.41, 5.74) is 2.64. The summed E-state index contributed by atoms with van der Waals surface area (Å²) in [6, 6.07) is 7.17. The van der Waals surface area contributed by atoms with E-state index in [1.807, 2.05) is 18.2 Å². The SMILES string of the molecule is COc1nccc(-c2cc3cnc(Cl)cc3n2COCC[Si](C)(C)C)n1. The van der Waals surface area contributed by atoms with Crippen molar-refractivity contribution in [2.45, 2.75) is 32.4 Å². The van der Waals surface area contributed by atoms with Gasteiger partial charge in [-0.2, -0.15) is 4.98 Å². The average molecular weight is 391 g/mol. The van der Waals surface area contributed by atoms with Gasteiger partial charge in [0.2, 0.25) is 0 Å². The predicted molar refractivity (Wildman–Crippen MR) is 106 cm³/mol. The van der Waals surface area contributed by atoms with Crippen molar-refractivity contribution in [2.24, 2.45) is 0 Å². The van der Waals surface area contributed by atoms with Crippen molar-refractivity contribution >= 4 is 30.6 Å². The minimum atomic E-state index is -1.13. The summed E-state index contributed by atoms with van der Waals surface area (Å²) in [5.74, 6) is 0. The van der Waals surface area contributed by atoms with Crippen LogP contribution >= 0.6 is 11.6 Å². The Morgan fingerprint density at radius 2 is 2.00 bits per heavy atom. The van der Waals surface area contributed by atoms with Crippen LogP contribution in [0, 0.1) is 0 Å². The first-order valence-electron chi connectivity index (χ1n) is 8.47. The molecule has 3 aromatic rings. The number of halogens is 1. The summed E-state index contributed by atoms with van der Waals surface area (Å²) in [5, 5.41) is 1.43. The molecule has 0 saturated heterocycles. The first-order valence-corrected chi connectivity index (χ1v) is 12.6. The molecule has 3 heterocycles. The van der Waals surface area contributed by atoms with Crippen LogP contribution in [0.3, 0.4) is 0 Å². The van der Waals surface area contributed by atoms with Crippen LogP contribution in [-0.2, 0) is 11.5 Å². The van der Waals surface area contributed by atoms with Gasteiger partial charge in [0.15, 0.2) is 0 Å². The van der Waals surface area contributed by atoms with Crippen LogP contribution in [-0.4, -0.2) is 41.3 Å². The highest BCUT2D eigenvalue weighted by molar-refractivity contribution is 6.76. The summed E-state index contributed by atoms with van der Waals surface area (Å²) >= 11 is 6.11. The molecule has 0 bridgehead atoms. The number of pyridine rings is 1. The van der Waals surface area contributed by atoms with Gasteiger partial charge in [0.05, 0.1) is 24.0 Å². The Balaban J connectivity index is 1.96. The molecule has 0 radical (unpaired) electrons. The molecule has 26 heavy (non-hydrogen) atoms. The van der Waals surface area contributed by atoms with Gasteiger partial charge in [0.1, 0.15) is 11.9 Å². The Morgan fingerprint density at radius 3 is 2.73 bits per heavy atom. The third-order valence-electron chi connectivity index (χ3n) is 4.05. The standard InChI is InChI=1S/C18H23ClN4O2Si/c1-24-18-20-6-5-14(22-18)16-9-13-11-21-17(19)10-15(13)23(16)12-25-7-8-26(2,3)4/h5-6,9-11H,7-8,12H2,1-4H3. The maximum Gasteiger partial charge on any atom is 0.316 e. The first-order chi connectivity index (χ1) is 12.4. The second kappa shape index (κ2) is 7.73. The molecular weight excluding hydrogens is 368 g/mol. The van der Waals surface area contributed by atoms with Gasteiger partial charge in [-0.1, -0.05) is 31.2 Å². The molecule has 3 aromatic heterocycles. The van der Waals surface area contributed by atoms with Gasteiger partial charge < -0.3 is 14.0 Å². The lowest BCUT2D eigenvalue weighted by molar-refractivity contribution is 0.0912. The van der Waals surface area contributed by atoms with E-state index in [9.17, 15) is 0 Å². The van der Waals surface area contributed by atoms with Crippen molar-refractivity contribution in [3.63, 3.8) is 0 Å². The van der Waals surface area contributed by atoms with E-state index in [0.29, 0.717) is 17.9 Å². The Morgan fingerprint density at radius 1 is 1.19 bits per heavy atom. The van der Waals surface area contributed by atoms with E-state index in [-0.39, 0.29) is 0 Å². The van der Waals surface area contributed by atoms with Crippen molar-refractivity contribution in [3.8, 4) is 17.4 Å². The molecule has 0 atom stereocenters. The molecule has 0 aliphatic rings. The summed E-state index contributed by atoms with van der Waals surface area (Å²) in [6.45, 7) is 8.18. The van der Waals surface area contributed by atoms with Crippen LogP contribution in [0.15, 0.2) is 30.6 Å². The number of methoxy groups -OCH3 is 1. The van der Waals surface area contributed by atoms with E-state index in [1.165, 1.54) is 0 Å². The smallest absolute Gasteiger partial charge is 0.316 e. The number of nitrogens with zero attached hydrogens (tertiary/aromatic N) is 4. The van der Waals surface area contributed by atoms with Crippen molar-refractivity contribution in [1.29, 1.82) is 0 Å². The number of fused-ring (bicyclic) bond motifs is 1. The quantitative estimate of drug-likeness (QED) is 0.338. The fourth-order valence-electron chi connectivity index (χ4n) is 2.60. The van der Waals surface area contributed by atoms with Crippen molar-refractivity contribution in [3.05, 3.63) is 35.7 Å². The van der Waals surface area contributed by atoms with Gasteiger partial charge in [-0.3, -0.25) is 0 Å².